The van der Waals surface area contributed by atoms with E-state index in [1.807, 2.05) is 17.0 Å². The van der Waals surface area contributed by atoms with Crippen LogP contribution in [0.4, 0.5) is 0 Å². The molecule has 2 aromatic carbocycles. The van der Waals surface area contributed by atoms with E-state index in [1.54, 1.807) is 0 Å². The largest absolute Gasteiger partial charge is 0.336 e. The molecule has 1 atom stereocenters. The van der Waals surface area contributed by atoms with Crippen LogP contribution in [-0.2, 0) is 4.79 Å². The molecular formula is C15H16N2O. The van der Waals surface area contributed by atoms with Gasteiger partial charge in [0.15, 0.2) is 0 Å². The molecule has 3 rings (SSSR count). The van der Waals surface area contributed by atoms with Gasteiger partial charge in [-0.25, -0.2) is 0 Å². The van der Waals surface area contributed by atoms with Crippen molar-refractivity contribution < 1.29 is 4.79 Å². The molecule has 0 saturated carbocycles. The minimum Gasteiger partial charge on any atom is -0.336 e. The zero-order chi connectivity index (χ0) is 12.4. The van der Waals surface area contributed by atoms with Crippen LogP contribution in [0.25, 0.3) is 10.8 Å². The first-order valence-electron chi connectivity index (χ1n) is 6.29. The second-order valence-corrected chi connectivity index (χ2v) is 4.67. The third-order valence-corrected chi connectivity index (χ3v) is 3.58. The monoisotopic (exact) mass is 240 g/mol. The molecule has 2 aromatic rings. The Hall–Kier alpha value is -1.87. The highest BCUT2D eigenvalue weighted by atomic mass is 16.1. The van der Waals surface area contributed by atoms with Crippen LogP contribution < -0.4 is 5.32 Å². The van der Waals surface area contributed by atoms with E-state index in [2.05, 4.69) is 35.6 Å². The molecule has 3 heteroatoms. The fourth-order valence-corrected chi connectivity index (χ4v) is 2.57. The number of amides is 1. The zero-order valence-electron chi connectivity index (χ0n) is 10.2. The number of carbonyl (C=O) groups excluding carboxylic acids is 1. The predicted octanol–water partition coefficient (Wildman–Crippen LogP) is 1.94. The van der Waals surface area contributed by atoms with E-state index in [0.717, 1.165) is 26.0 Å². The van der Waals surface area contributed by atoms with E-state index in [4.69, 9.17) is 0 Å². The van der Waals surface area contributed by atoms with Crippen molar-refractivity contribution >= 4 is 17.2 Å². The fraction of sp³-hybridized carbons (Fsp3) is 0.267. The highest BCUT2D eigenvalue weighted by Crippen LogP contribution is 2.24. The highest BCUT2D eigenvalue weighted by Gasteiger charge is 2.22. The molecule has 0 radical (unpaired) electrons. The summed E-state index contributed by atoms with van der Waals surface area (Å²) >= 11 is 0. The standard InChI is InChI=1S/C15H16N2O/c18-11-17-8-7-16-10-15(17)14-6-5-12-3-1-2-4-13(12)9-14/h1-6,9,11,15-16H,7-8,10H2. The molecule has 18 heavy (non-hydrogen) atoms. The number of benzene rings is 2. The van der Waals surface area contributed by atoms with Gasteiger partial charge in [0, 0.05) is 19.6 Å². The molecule has 1 unspecified atom stereocenters. The van der Waals surface area contributed by atoms with E-state index in [9.17, 15) is 4.79 Å². The summed E-state index contributed by atoms with van der Waals surface area (Å²) in [6.45, 7) is 2.49. The summed E-state index contributed by atoms with van der Waals surface area (Å²) in [7, 11) is 0. The van der Waals surface area contributed by atoms with E-state index >= 15 is 0 Å². The number of piperazine rings is 1. The van der Waals surface area contributed by atoms with Crippen LogP contribution >= 0.6 is 0 Å². The lowest BCUT2D eigenvalue weighted by atomic mass is 10.00. The minimum atomic E-state index is 0.154. The molecule has 1 heterocycles. The van der Waals surface area contributed by atoms with Gasteiger partial charge < -0.3 is 10.2 Å². The Balaban J connectivity index is 1.99. The quantitative estimate of drug-likeness (QED) is 0.814. The first-order chi connectivity index (χ1) is 8.88. The second-order valence-electron chi connectivity index (χ2n) is 4.67. The van der Waals surface area contributed by atoms with Crippen molar-refractivity contribution in [3.63, 3.8) is 0 Å². The van der Waals surface area contributed by atoms with Crippen molar-refractivity contribution in [1.29, 1.82) is 0 Å². The van der Waals surface area contributed by atoms with Crippen LogP contribution in [0.2, 0.25) is 0 Å². The molecule has 3 nitrogen and oxygen atoms in total. The maximum atomic E-state index is 11.1. The Bertz CT molecular complexity index is 567. The van der Waals surface area contributed by atoms with Gasteiger partial charge in [0.1, 0.15) is 0 Å². The highest BCUT2D eigenvalue weighted by molar-refractivity contribution is 5.83. The van der Waals surface area contributed by atoms with Gasteiger partial charge in [0.2, 0.25) is 6.41 Å². The van der Waals surface area contributed by atoms with Gasteiger partial charge in [-0.3, -0.25) is 4.79 Å². The predicted molar refractivity (Wildman–Crippen MR) is 72.3 cm³/mol. The number of hydrogen-bond acceptors (Lipinski definition) is 2. The van der Waals surface area contributed by atoms with Crippen molar-refractivity contribution in [1.82, 2.24) is 10.2 Å². The van der Waals surface area contributed by atoms with E-state index in [-0.39, 0.29) is 6.04 Å². The molecule has 1 fully saturated rings. The first-order valence-corrected chi connectivity index (χ1v) is 6.29. The Morgan fingerprint density at radius 1 is 1.17 bits per heavy atom. The van der Waals surface area contributed by atoms with Crippen molar-refractivity contribution in [3.05, 3.63) is 48.0 Å². The summed E-state index contributed by atoms with van der Waals surface area (Å²) in [6.07, 6.45) is 0.959. The SMILES string of the molecule is O=CN1CCNCC1c1ccc2ccccc2c1. The number of nitrogens with zero attached hydrogens (tertiary/aromatic N) is 1. The Morgan fingerprint density at radius 3 is 2.83 bits per heavy atom. The molecule has 1 aliphatic heterocycles. The summed E-state index contributed by atoms with van der Waals surface area (Å²) in [5.74, 6) is 0. The van der Waals surface area contributed by atoms with Crippen LogP contribution in [0.5, 0.6) is 0 Å². The molecular weight excluding hydrogens is 224 g/mol. The molecule has 1 aliphatic rings. The van der Waals surface area contributed by atoms with Crippen molar-refractivity contribution in [2.24, 2.45) is 0 Å². The molecule has 92 valence electrons. The molecule has 0 spiro atoms. The lowest BCUT2D eigenvalue weighted by molar-refractivity contribution is -0.121. The van der Waals surface area contributed by atoms with Crippen molar-refractivity contribution in [2.45, 2.75) is 6.04 Å². The molecule has 0 aromatic heterocycles. The smallest absolute Gasteiger partial charge is 0.210 e. The number of nitrogens with one attached hydrogen (secondary N) is 1. The fourth-order valence-electron chi connectivity index (χ4n) is 2.57. The number of hydrogen-bond donors (Lipinski definition) is 1. The van der Waals surface area contributed by atoms with Crippen LogP contribution in [-0.4, -0.2) is 30.9 Å². The molecule has 0 aliphatic carbocycles. The first kappa shape index (κ1) is 11.2. The minimum absolute atomic E-state index is 0.154. The lowest BCUT2D eigenvalue weighted by Crippen LogP contribution is -2.45. The Labute approximate surface area is 106 Å². The van der Waals surface area contributed by atoms with Gasteiger partial charge in [-0.2, -0.15) is 0 Å². The van der Waals surface area contributed by atoms with Crippen molar-refractivity contribution in [3.8, 4) is 0 Å². The Morgan fingerprint density at radius 2 is 2.00 bits per heavy atom. The molecule has 0 bridgehead atoms. The maximum Gasteiger partial charge on any atom is 0.210 e. The molecule has 1 amide bonds. The van der Waals surface area contributed by atoms with E-state index < -0.39 is 0 Å². The second kappa shape index (κ2) is 4.78. The van der Waals surface area contributed by atoms with Gasteiger partial charge in [-0.15, -0.1) is 0 Å². The Kier molecular flexibility index (Phi) is 2.99. The summed E-state index contributed by atoms with van der Waals surface area (Å²) in [4.78, 5) is 13.0. The van der Waals surface area contributed by atoms with E-state index in [1.165, 1.54) is 16.3 Å². The van der Waals surface area contributed by atoms with Crippen LogP contribution in [0.1, 0.15) is 11.6 Å². The number of fused-ring (bicyclic) bond motifs is 1. The third kappa shape index (κ3) is 1.97. The molecule has 1 saturated heterocycles. The maximum absolute atomic E-state index is 11.1. The van der Waals surface area contributed by atoms with Gasteiger partial charge in [-0.1, -0.05) is 36.4 Å². The van der Waals surface area contributed by atoms with Gasteiger partial charge in [0.05, 0.1) is 6.04 Å². The average molecular weight is 240 g/mol. The van der Waals surface area contributed by atoms with Crippen LogP contribution in [0, 0.1) is 0 Å². The average Bonchev–Trinajstić information content (AvgIpc) is 2.46. The number of rotatable bonds is 2. The van der Waals surface area contributed by atoms with E-state index in [0.29, 0.717) is 0 Å². The zero-order valence-corrected chi connectivity index (χ0v) is 10.2. The summed E-state index contributed by atoms with van der Waals surface area (Å²) in [5, 5.41) is 5.81. The third-order valence-electron chi connectivity index (χ3n) is 3.58. The van der Waals surface area contributed by atoms with Gasteiger partial charge in [-0.05, 0) is 22.4 Å². The van der Waals surface area contributed by atoms with Crippen LogP contribution in [0.15, 0.2) is 42.5 Å². The molecule has 1 N–H and O–H groups in total. The number of carbonyl (C=O) groups is 1. The summed E-state index contributed by atoms with van der Waals surface area (Å²) in [6, 6.07) is 14.9. The topological polar surface area (TPSA) is 32.3 Å². The summed E-state index contributed by atoms with van der Waals surface area (Å²) < 4.78 is 0. The van der Waals surface area contributed by atoms with Crippen LogP contribution in [0.3, 0.4) is 0 Å². The van der Waals surface area contributed by atoms with Crippen molar-refractivity contribution in [2.75, 3.05) is 19.6 Å². The van der Waals surface area contributed by atoms with Gasteiger partial charge >= 0.3 is 0 Å². The normalized spacial score (nSPS) is 20.0. The summed E-state index contributed by atoms with van der Waals surface area (Å²) in [5.41, 5.74) is 1.20. The lowest BCUT2D eigenvalue weighted by Gasteiger charge is -2.33. The van der Waals surface area contributed by atoms with Gasteiger partial charge in [0.25, 0.3) is 0 Å².